The van der Waals surface area contributed by atoms with Crippen LogP contribution in [0.25, 0.3) is 0 Å². The summed E-state index contributed by atoms with van der Waals surface area (Å²) in [6.45, 7) is 7.10. The molecule has 1 saturated heterocycles. The number of carbonyl (C=O) groups excluding carboxylic acids is 1. The Balaban J connectivity index is 1.87. The van der Waals surface area contributed by atoms with Gasteiger partial charge in [-0.05, 0) is 68.0 Å². The number of aryl methyl sites for hydroxylation is 2. The lowest BCUT2D eigenvalue weighted by Gasteiger charge is -2.20. The molecule has 2 aromatic carbocycles. The van der Waals surface area contributed by atoms with E-state index in [9.17, 15) is 13.2 Å². The fourth-order valence-corrected chi connectivity index (χ4v) is 5.30. The third kappa shape index (κ3) is 4.65. The van der Waals surface area contributed by atoms with Crippen molar-refractivity contribution in [1.29, 1.82) is 0 Å². The molecule has 1 atom stereocenters. The molecule has 0 bridgehead atoms. The molecule has 1 N–H and O–H groups in total. The second kappa shape index (κ2) is 8.86. The van der Waals surface area contributed by atoms with E-state index in [-0.39, 0.29) is 27.4 Å². The highest BCUT2D eigenvalue weighted by Gasteiger charge is 2.28. The Bertz CT molecular complexity index is 1010. The van der Waals surface area contributed by atoms with E-state index in [2.05, 4.69) is 11.4 Å². The predicted molar refractivity (Wildman–Crippen MR) is 116 cm³/mol. The highest BCUT2D eigenvalue weighted by molar-refractivity contribution is 7.89. The molecular formula is C22H27ClN2O3S. The van der Waals surface area contributed by atoms with Crippen LogP contribution < -0.4 is 5.32 Å². The normalized spacial score (nSPS) is 16.0. The number of amides is 1. The topological polar surface area (TPSA) is 66.5 Å². The molecule has 29 heavy (non-hydrogen) atoms. The van der Waals surface area contributed by atoms with Crippen molar-refractivity contribution in [3.8, 4) is 0 Å². The molecule has 1 amide bonds. The molecule has 1 aliphatic rings. The number of carbonyl (C=O) groups is 1. The van der Waals surface area contributed by atoms with Crippen molar-refractivity contribution in [2.24, 2.45) is 0 Å². The summed E-state index contributed by atoms with van der Waals surface area (Å²) in [7, 11) is -3.61. The van der Waals surface area contributed by atoms with E-state index in [0.717, 1.165) is 24.0 Å². The number of sulfonamides is 1. The van der Waals surface area contributed by atoms with E-state index in [0.29, 0.717) is 19.5 Å². The summed E-state index contributed by atoms with van der Waals surface area (Å²) in [6.07, 6.45) is 2.42. The average molecular weight is 435 g/mol. The van der Waals surface area contributed by atoms with Crippen LogP contribution in [0.1, 0.15) is 59.3 Å². The fraction of sp³-hybridized carbons (Fsp3) is 0.409. The standard InChI is InChI=1S/C22H27ClN2O3S/c1-4-21(17-8-7-15(2)16(3)13-17)24-22(26)19-14-18(9-10-20(19)23)29(27,28)25-11-5-6-12-25/h7-10,13-14,21H,4-6,11-12H2,1-3H3,(H,24,26)/t21-/m0/s1. The zero-order valence-corrected chi connectivity index (χ0v) is 18.6. The lowest BCUT2D eigenvalue weighted by molar-refractivity contribution is 0.0935. The average Bonchev–Trinajstić information content (AvgIpc) is 3.24. The minimum absolute atomic E-state index is 0.105. The van der Waals surface area contributed by atoms with Crippen LogP contribution in [0.3, 0.4) is 0 Å². The van der Waals surface area contributed by atoms with Crippen LogP contribution in [0, 0.1) is 13.8 Å². The van der Waals surface area contributed by atoms with Crippen molar-refractivity contribution in [3.63, 3.8) is 0 Å². The molecule has 0 spiro atoms. The van der Waals surface area contributed by atoms with Gasteiger partial charge in [-0.2, -0.15) is 4.31 Å². The summed E-state index contributed by atoms with van der Waals surface area (Å²) in [4.78, 5) is 13.1. The Morgan fingerprint density at radius 3 is 2.41 bits per heavy atom. The Labute approximate surface area is 178 Å². The largest absolute Gasteiger partial charge is 0.345 e. The van der Waals surface area contributed by atoms with Crippen LogP contribution in [-0.2, 0) is 10.0 Å². The van der Waals surface area contributed by atoms with Crippen molar-refractivity contribution in [2.45, 2.75) is 51.0 Å². The molecule has 0 saturated carbocycles. The van der Waals surface area contributed by atoms with Crippen molar-refractivity contribution < 1.29 is 13.2 Å². The third-order valence-electron chi connectivity index (χ3n) is 5.53. The maximum atomic E-state index is 13.0. The van der Waals surface area contributed by atoms with Gasteiger partial charge in [-0.3, -0.25) is 4.79 Å². The van der Waals surface area contributed by atoms with Gasteiger partial charge in [0.15, 0.2) is 0 Å². The molecule has 0 radical (unpaired) electrons. The molecule has 1 aliphatic heterocycles. The smallest absolute Gasteiger partial charge is 0.253 e. The molecule has 3 rings (SSSR count). The lowest BCUT2D eigenvalue weighted by atomic mass is 9.99. The molecule has 156 valence electrons. The molecule has 2 aromatic rings. The van der Waals surface area contributed by atoms with Gasteiger partial charge in [0.1, 0.15) is 0 Å². The van der Waals surface area contributed by atoms with Crippen molar-refractivity contribution >= 4 is 27.5 Å². The maximum Gasteiger partial charge on any atom is 0.253 e. The van der Waals surface area contributed by atoms with E-state index in [1.165, 1.54) is 28.1 Å². The van der Waals surface area contributed by atoms with Gasteiger partial charge < -0.3 is 5.32 Å². The van der Waals surface area contributed by atoms with Gasteiger partial charge in [0, 0.05) is 13.1 Å². The number of benzene rings is 2. The summed E-state index contributed by atoms with van der Waals surface area (Å²) in [5.74, 6) is -0.376. The second-order valence-electron chi connectivity index (χ2n) is 7.53. The van der Waals surface area contributed by atoms with Gasteiger partial charge in [-0.1, -0.05) is 36.7 Å². The number of hydrogen-bond acceptors (Lipinski definition) is 3. The van der Waals surface area contributed by atoms with E-state index in [1.807, 2.05) is 32.9 Å². The summed E-state index contributed by atoms with van der Waals surface area (Å²) in [6, 6.07) is 10.3. The molecule has 0 aliphatic carbocycles. The molecule has 7 heteroatoms. The van der Waals surface area contributed by atoms with Gasteiger partial charge in [0.2, 0.25) is 10.0 Å². The Kier molecular flexibility index (Phi) is 6.66. The predicted octanol–water partition coefficient (Wildman–Crippen LogP) is 4.62. The van der Waals surface area contributed by atoms with Gasteiger partial charge in [-0.25, -0.2) is 8.42 Å². The quantitative estimate of drug-likeness (QED) is 0.721. The van der Waals surface area contributed by atoms with Crippen molar-refractivity contribution in [1.82, 2.24) is 9.62 Å². The first-order valence-corrected chi connectivity index (χ1v) is 11.7. The van der Waals surface area contributed by atoms with Crippen LogP contribution in [0.5, 0.6) is 0 Å². The summed E-state index contributed by atoms with van der Waals surface area (Å²) in [5, 5.41) is 3.24. The van der Waals surface area contributed by atoms with E-state index in [4.69, 9.17) is 11.6 Å². The molecule has 0 aromatic heterocycles. The number of nitrogens with zero attached hydrogens (tertiary/aromatic N) is 1. The summed E-state index contributed by atoms with van der Waals surface area (Å²) >= 11 is 6.25. The van der Waals surface area contributed by atoms with Gasteiger partial charge in [0.25, 0.3) is 5.91 Å². The Morgan fingerprint density at radius 1 is 1.10 bits per heavy atom. The molecule has 5 nitrogen and oxygen atoms in total. The third-order valence-corrected chi connectivity index (χ3v) is 7.76. The van der Waals surface area contributed by atoms with E-state index < -0.39 is 10.0 Å². The number of nitrogens with one attached hydrogen (secondary N) is 1. The molecule has 1 fully saturated rings. The number of hydrogen-bond donors (Lipinski definition) is 1. The first-order chi connectivity index (χ1) is 13.7. The van der Waals surface area contributed by atoms with Gasteiger partial charge in [-0.15, -0.1) is 0 Å². The van der Waals surface area contributed by atoms with Crippen LogP contribution in [-0.4, -0.2) is 31.7 Å². The second-order valence-corrected chi connectivity index (χ2v) is 9.88. The van der Waals surface area contributed by atoms with Crippen LogP contribution in [0.15, 0.2) is 41.3 Å². The van der Waals surface area contributed by atoms with E-state index >= 15 is 0 Å². The first kappa shape index (κ1) is 21.8. The van der Waals surface area contributed by atoms with E-state index in [1.54, 1.807) is 0 Å². The van der Waals surface area contributed by atoms with Crippen LogP contribution >= 0.6 is 11.6 Å². The SMILES string of the molecule is CC[C@H](NC(=O)c1cc(S(=O)(=O)N2CCCC2)ccc1Cl)c1ccc(C)c(C)c1. The molecule has 1 heterocycles. The summed E-state index contributed by atoms with van der Waals surface area (Å²) in [5.41, 5.74) is 3.54. The Hall–Kier alpha value is -1.89. The van der Waals surface area contributed by atoms with Crippen LogP contribution in [0.2, 0.25) is 5.02 Å². The fourth-order valence-electron chi connectivity index (χ4n) is 3.55. The highest BCUT2D eigenvalue weighted by Crippen LogP contribution is 2.27. The minimum Gasteiger partial charge on any atom is -0.345 e. The highest BCUT2D eigenvalue weighted by atomic mass is 35.5. The Morgan fingerprint density at radius 2 is 1.79 bits per heavy atom. The van der Waals surface area contributed by atoms with Gasteiger partial charge >= 0.3 is 0 Å². The first-order valence-electron chi connectivity index (χ1n) is 9.91. The van der Waals surface area contributed by atoms with Gasteiger partial charge in [0.05, 0.1) is 21.5 Å². The molecular weight excluding hydrogens is 408 g/mol. The van der Waals surface area contributed by atoms with Crippen molar-refractivity contribution in [3.05, 3.63) is 63.7 Å². The summed E-state index contributed by atoms with van der Waals surface area (Å²) < 4.78 is 27.1. The number of halogens is 1. The van der Waals surface area contributed by atoms with Crippen molar-refractivity contribution in [2.75, 3.05) is 13.1 Å². The number of rotatable bonds is 6. The maximum absolute atomic E-state index is 13.0. The lowest BCUT2D eigenvalue weighted by Crippen LogP contribution is -2.30. The van der Waals surface area contributed by atoms with Crippen LogP contribution in [0.4, 0.5) is 0 Å². The monoisotopic (exact) mass is 434 g/mol. The zero-order valence-electron chi connectivity index (χ0n) is 17.0. The minimum atomic E-state index is -3.61. The molecule has 0 unspecified atom stereocenters. The zero-order chi connectivity index (χ0) is 21.2.